The van der Waals surface area contributed by atoms with Crippen molar-refractivity contribution in [2.45, 2.75) is 65.7 Å². The minimum absolute atomic E-state index is 0.0169. The molecule has 8 heteroatoms. The van der Waals surface area contributed by atoms with Crippen LogP contribution in [0.2, 0.25) is 0 Å². The highest BCUT2D eigenvalue weighted by Gasteiger charge is 2.35. The first kappa shape index (κ1) is 21.2. The van der Waals surface area contributed by atoms with E-state index in [1.807, 2.05) is 34.6 Å². The van der Waals surface area contributed by atoms with Gasteiger partial charge in [0.25, 0.3) is 0 Å². The zero-order valence-electron chi connectivity index (χ0n) is 14.8. The molecule has 0 amide bonds. The Bertz CT molecular complexity index is 484. The van der Waals surface area contributed by atoms with Crippen LogP contribution in [0.1, 0.15) is 47.5 Å². The van der Waals surface area contributed by atoms with Gasteiger partial charge < -0.3 is 4.74 Å². The van der Waals surface area contributed by atoms with E-state index in [4.69, 9.17) is 10.3 Å². The van der Waals surface area contributed by atoms with E-state index < -0.39 is 10.0 Å². The molecule has 2 atom stereocenters. The van der Waals surface area contributed by atoms with Gasteiger partial charge in [-0.05, 0) is 37.6 Å². The summed E-state index contributed by atoms with van der Waals surface area (Å²) in [5, 5.41) is 3.81. The lowest BCUT2D eigenvalue weighted by molar-refractivity contribution is -0.0682. The predicted octanol–water partition coefficient (Wildman–Crippen LogP) is 3.18. The third kappa shape index (κ3) is 7.45. The van der Waals surface area contributed by atoms with Crippen LogP contribution < -0.4 is 0 Å². The monoisotopic (exact) mass is 334 g/mol. The van der Waals surface area contributed by atoms with Crippen LogP contribution >= 0.6 is 0 Å². The number of sulfonamides is 1. The smallest absolute Gasteiger partial charge is 0.211 e. The number of ether oxygens (including phenoxy) is 1. The van der Waals surface area contributed by atoms with Crippen LogP contribution in [-0.2, 0) is 14.8 Å². The molecule has 0 saturated carbocycles. The fraction of sp³-hybridized carbons (Fsp3) is 1.00. The van der Waals surface area contributed by atoms with Crippen molar-refractivity contribution in [3.05, 3.63) is 10.4 Å². The van der Waals surface area contributed by atoms with Gasteiger partial charge in [0.05, 0.1) is 18.5 Å². The van der Waals surface area contributed by atoms with Crippen LogP contribution in [0.4, 0.5) is 0 Å². The predicted molar refractivity (Wildman–Crippen MR) is 89.1 cm³/mol. The average Bonchev–Trinajstić information content (AvgIpc) is 2.35. The Morgan fingerprint density at radius 2 is 1.91 bits per heavy atom. The van der Waals surface area contributed by atoms with E-state index in [0.717, 1.165) is 6.42 Å². The summed E-state index contributed by atoms with van der Waals surface area (Å²) < 4.78 is 30.6. The van der Waals surface area contributed by atoms with Gasteiger partial charge in [0.15, 0.2) is 0 Å². The first-order chi connectivity index (χ1) is 9.93. The summed E-state index contributed by atoms with van der Waals surface area (Å²) in [6.45, 7) is 10.1. The van der Waals surface area contributed by atoms with Gasteiger partial charge in [-0.15, -0.1) is 0 Å². The highest BCUT2D eigenvalue weighted by atomic mass is 32.2. The van der Waals surface area contributed by atoms with Crippen molar-refractivity contribution in [1.29, 1.82) is 0 Å². The highest BCUT2D eigenvalue weighted by Crippen LogP contribution is 2.32. The summed E-state index contributed by atoms with van der Waals surface area (Å²) in [6.07, 6.45) is 2.26. The molecule has 0 radical (unpaired) electrons. The van der Waals surface area contributed by atoms with Gasteiger partial charge in [-0.2, -0.15) is 0 Å². The molecule has 0 spiro atoms. The van der Waals surface area contributed by atoms with Crippen molar-refractivity contribution >= 4 is 10.0 Å². The van der Waals surface area contributed by atoms with E-state index in [1.54, 1.807) is 7.05 Å². The fourth-order valence-corrected chi connectivity index (χ4v) is 2.66. The zero-order valence-corrected chi connectivity index (χ0v) is 15.6. The maximum atomic E-state index is 11.7. The zero-order chi connectivity index (χ0) is 17.6. The van der Waals surface area contributed by atoms with E-state index in [1.165, 1.54) is 10.6 Å². The van der Waals surface area contributed by atoms with Crippen molar-refractivity contribution in [2.24, 2.45) is 10.5 Å². The Morgan fingerprint density at radius 3 is 2.27 bits per heavy atom. The molecule has 130 valence electrons. The topological polar surface area (TPSA) is 95.4 Å². The molecule has 0 fully saturated rings. The van der Waals surface area contributed by atoms with Crippen molar-refractivity contribution < 1.29 is 13.2 Å². The second-order valence-electron chi connectivity index (χ2n) is 6.68. The molecule has 2 unspecified atom stereocenters. The SMILES string of the molecule is CCC(CC(C)(C)C(CN(C)S(C)(=O)=O)OC(C)C)N=[N+]=[N-]. The van der Waals surface area contributed by atoms with Gasteiger partial charge in [0.1, 0.15) is 0 Å². The molecule has 22 heavy (non-hydrogen) atoms. The summed E-state index contributed by atoms with van der Waals surface area (Å²) >= 11 is 0. The largest absolute Gasteiger partial charge is 0.374 e. The standard InChI is InChI=1S/C14H30N4O3S/c1-8-12(16-17-15)9-14(4,5)13(21-11(2)3)10-18(6)22(7,19)20/h11-13H,8-10H2,1-7H3. The first-order valence-corrected chi connectivity index (χ1v) is 9.39. The first-order valence-electron chi connectivity index (χ1n) is 7.55. The Balaban J connectivity index is 5.25. The van der Waals surface area contributed by atoms with Crippen LogP contribution in [0.3, 0.4) is 0 Å². The van der Waals surface area contributed by atoms with Gasteiger partial charge >= 0.3 is 0 Å². The molecule has 0 aliphatic heterocycles. The van der Waals surface area contributed by atoms with Gasteiger partial charge in [-0.3, -0.25) is 0 Å². The summed E-state index contributed by atoms with van der Waals surface area (Å²) in [4.78, 5) is 2.89. The van der Waals surface area contributed by atoms with E-state index >= 15 is 0 Å². The number of hydrogen-bond donors (Lipinski definition) is 0. The van der Waals surface area contributed by atoms with Crippen LogP contribution in [0, 0.1) is 5.41 Å². The van der Waals surface area contributed by atoms with E-state index in [0.29, 0.717) is 6.42 Å². The van der Waals surface area contributed by atoms with E-state index in [2.05, 4.69) is 10.0 Å². The lowest BCUT2D eigenvalue weighted by Gasteiger charge is -2.38. The molecule has 0 bridgehead atoms. The minimum Gasteiger partial charge on any atom is -0.374 e. The van der Waals surface area contributed by atoms with E-state index in [9.17, 15) is 8.42 Å². The molecule has 0 rings (SSSR count). The Morgan fingerprint density at radius 1 is 1.36 bits per heavy atom. The fourth-order valence-electron chi connectivity index (χ4n) is 2.25. The summed E-state index contributed by atoms with van der Waals surface area (Å²) in [5.74, 6) is 0. The second kappa shape index (κ2) is 8.72. The van der Waals surface area contributed by atoms with Crippen LogP contribution in [-0.4, -0.2) is 50.8 Å². The molecule has 0 N–H and O–H groups in total. The van der Waals surface area contributed by atoms with Crippen molar-refractivity contribution in [3.63, 3.8) is 0 Å². The van der Waals surface area contributed by atoms with Crippen molar-refractivity contribution in [3.8, 4) is 0 Å². The minimum atomic E-state index is -3.27. The number of azide groups is 1. The van der Waals surface area contributed by atoms with Crippen LogP contribution in [0.25, 0.3) is 10.4 Å². The Kier molecular flexibility index (Phi) is 8.39. The molecule has 0 aromatic rings. The molecule has 0 heterocycles. The lowest BCUT2D eigenvalue weighted by atomic mass is 9.79. The maximum Gasteiger partial charge on any atom is 0.211 e. The number of nitrogens with zero attached hydrogens (tertiary/aromatic N) is 4. The third-order valence-corrected chi connectivity index (χ3v) is 5.03. The summed E-state index contributed by atoms with van der Waals surface area (Å²) in [6, 6.07) is -0.123. The summed E-state index contributed by atoms with van der Waals surface area (Å²) in [5.41, 5.74) is 8.32. The van der Waals surface area contributed by atoms with Gasteiger partial charge in [-0.25, -0.2) is 12.7 Å². The van der Waals surface area contributed by atoms with Crippen LogP contribution in [0.15, 0.2) is 5.11 Å². The molecule has 7 nitrogen and oxygen atoms in total. The quantitative estimate of drug-likeness (QED) is 0.349. The van der Waals surface area contributed by atoms with Gasteiger partial charge in [0.2, 0.25) is 10.0 Å². The second-order valence-corrected chi connectivity index (χ2v) is 8.77. The molecule has 0 saturated heterocycles. The van der Waals surface area contributed by atoms with Gasteiger partial charge in [-0.1, -0.05) is 25.9 Å². The number of rotatable bonds is 10. The molecule has 0 aliphatic carbocycles. The normalized spacial score (nSPS) is 15.7. The number of likely N-dealkylation sites (N-methyl/N-ethyl adjacent to an activating group) is 1. The Hall–Kier alpha value is -0.820. The maximum absolute atomic E-state index is 11.7. The Labute approximate surface area is 134 Å². The molecular formula is C14H30N4O3S. The third-order valence-electron chi connectivity index (χ3n) is 3.75. The van der Waals surface area contributed by atoms with Crippen LogP contribution in [0.5, 0.6) is 0 Å². The number of hydrogen-bond acceptors (Lipinski definition) is 4. The molecular weight excluding hydrogens is 304 g/mol. The molecule has 0 aromatic carbocycles. The molecule has 0 aliphatic rings. The average molecular weight is 334 g/mol. The van der Waals surface area contributed by atoms with Gasteiger partial charge in [0, 0.05) is 24.5 Å². The van der Waals surface area contributed by atoms with Crippen molar-refractivity contribution in [1.82, 2.24) is 4.31 Å². The van der Waals surface area contributed by atoms with E-state index in [-0.39, 0.29) is 30.2 Å². The highest BCUT2D eigenvalue weighted by molar-refractivity contribution is 7.88. The summed E-state index contributed by atoms with van der Waals surface area (Å²) in [7, 11) is -1.72. The lowest BCUT2D eigenvalue weighted by Crippen LogP contribution is -2.45. The molecule has 0 aromatic heterocycles. The van der Waals surface area contributed by atoms with Crippen molar-refractivity contribution in [2.75, 3.05) is 19.8 Å².